The Morgan fingerprint density at radius 1 is 1.73 bits per heavy atom. The molecular weight excluding hydrogens is 198 g/mol. The van der Waals surface area contributed by atoms with E-state index >= 15 is 0 Å². The molecule has 84 valence electrons. The summed E-state index contributed by atoms with van der Waals surface area (Å²) < 4.78 is 5.08. The number of carboxylic acids is 1. The second-order valence-corrected chi connectivity index (χ2v) is 3.44. The first-order chi connectivity index (χ1) is 7.15. The van der Waals surface area contributed by atoms with Gasteiger partial charge >= 0.3 is 5.97 Å². The van der Waals surface area contributed by atoms with E-state index in [2.05, 4.69) is 6.58 Å². The molecule has 5 heteroatoms. The van der Waals surface area contributed by atoms with Crippen LogP contribution in [0.25, 0.3) is 0 Å². The Bertz CT molecular complexity index is 264. The van der Waals surface area contributed by atoms with Crippen LogP contribution in [-0.2, 0) is 14.3 Å². The fraction of sp³-hybridized carbons (Fsp3) is 0.600. The predicted octanol–water partition coefficient (Wildman–Crippen LogP) is 0.265. The van der Waals surface area contributed by atoms with E-state index in [0.29, 0.717) is 19.6 Å². The second kappa shape index (κ2) is 5.50. The van der Waals surface area contributed by atoms with Gasteiger partial charge in [-0.15, -0.1) is 6.58 Å². The number of aliphatic carboxylic acids is 1. The molecule has 1 rings (SSSR count). The molecule has 1 fully saturated rings. The number of rotatable bonds is 5. The van der Waals surface area contributed by atoms with Crippen LogP contribution in [-0.4, -0.2) is 47.7 Å². The summed E-state index contributed by atoms with van der Waals surface area (Å²) in [7, 11) is 0. The zero-order valence-corrected chi connectivity index (χ0v) is 8.52. The van der Waals surface area contributed by atoms with Crippen molar-refractivity contribution < 1.29 is 19.4 Å². The Morgan fingerprint density at radius 3 is 3.07 bits per heavy atom. The summed E-state index contributed by atoms with van der Waals surface area (Å²) >= 11 is 0. The quantitative estimate of drug-likeness (QED) is 0.665. The van der Waals surface area contributed by atoms with Crippen LogP contribution < -0.4 is 0 Å². The highest BCUT2D eigenvalue weighted by Gasteiger charge is 2.27. The molecule has 0 spiro atoms. The number of nitrogens with zero attached hydrogens (tertiary/aromatic N) is 1. The number of amides is 1. The summed E-state index contributed by atoms with van der Waals surface area (Å²) in [5.41, 5.74) is 0. The van der Waals surface area contributed by atoms with Crippen molar-refractivity contribution in [3.8, 4) is 0 Å². The normalized spacial score (nSPS) is 21.5. The topological polar surface area (TPSA) is 66.8 Å². The largest absolute Gasteiger partial charge is 0.481 e. The molecule has 1 unspecified atom stereocenters. The van der Waals surface area contributed by atoms with Crippen molar-refractivity contribution in [2.75, 3.05) is 19.8 Å². The molecule has 1 aliphatic rings. The molecule has 0 bridgehead atoms. The molecule has 0 aromatic heterocycles. The Balaban J connectivity index is 2.53. The first kappa shape index (κ1) is 11.7. The van der Waals surface area contributed by atoms with Gasteiger partial charge in [0, 0.05) is 13.0 Å². The Kier molecular flexibility index (Phi) is 4.30. The van der Waals surface area contributed by atoms with Crippen LogP contribution >= 0.6 is 0 Å². The lowest BCUT2D eigenvalue weighted by Gasteiger charge is -2.34. The summed E-state index contributed by atoms with van der Waals surface area (Å²) in [6.07, 6.45) is 2.11. The molecule has 1 N–H and O–H groups in total. The van der Waals surface area contributed by atoms with Gasteiger partial charge in [-0.05, 0) is 6.42 Å². The standard InChI is InChI=1S/C10H15NO4/c1-2-5-11-8(3-4-10(13)14)6-15-7-9(11)12/h2,8H,1,3-7H2,(H,13,14). The molecule has 0 saturated carbocycles. The average molecular weight is 213 g/mol. The predicted molar refractivity (Wildman–Crippen MR) is 53.4 cm³/mol. The third-order valence-electron chi connectivity index (χ3n) is 2.31. The van der Waals surface area contributed by atoms with E-state index in [1.807, 2.05) is 0 Å². The minimum atomic E-state index is -0.855. The molecular formula is C10H15NO4. The van der Waals surface area contributed by atoms with Crippen molar-refractivity contribution in [2.45, 2.75) is 18.9 Å². The maximum Gasteiger partial charge on any atom is 0.303 e. The molecule has 1 atom stereocenters. The van der Waals surface area contributed by atoms with Crippen LogP contribution in [0.1, 0.15) is 12.8 Å². The van der Waals surface area contributed by atoms with Gasteiger partial charge in [0.15, 0.2) is 0 Å². The number of hydrogen-bond acceptors (Lipinski definition) is 3. The van der Waals surface area contributed by atoms with Gasteiger partial charge in [-0.3, -0.25) is 9.59 Å². The fourth-order valence-corrected chi connectivity index (χ4v) is 1.58. The van der Waals surface area contributed by atoms with E-state index in [4.69, 9.17) is 9.84 Å². The van der Waals surface area contributed by atoms with Crippen LogP contribution in [0.3, 0.4) is 0 Å². The maximum absolute atomic E-state index is 11.4. The average Bonchev–Trinajstić information content (AvgIpc) is 2.19. The molecule has 1 heterocycles. The highest BCUT2D eigenvalue weighted by Crippen LogP contribution is 2.13. The lowest BCUT2D eigenvalue weighted by atomic mass is 10.1. The van der Waals surface area contributed by atoms with Gasteiger partial charge in [-0.2, -0.15) is 0 Å². The second-order valence-electron chi connectivity index (χ2n) is 3.44. The molecule has 0 radical (unpaired) electrons. The van der Waals surface area contributed by atoms with E-state index < -0.39 is 5.97 Å². The summed E-state index contributed by atoms with van der Waals surface area (Å²) in [5, 5.41) is 8.56. The molecule has 5 nitrogen and oxygen atoms in total. The smallest absolute Gasteiger partial charge is 0.303 e. The Hall–Kier alpha value is -1.36. The lowest BCUT2D eigenvalue weighted by molar-refractivity contribution is -0.149. The third-order valence-corrected chi connectivity index (χ3v) is 2.31. The summed E-state index contributed by atoms with van der Waals surface area (Å²) in [6.45, 7) is 4.51. The van der Waals surface area contributed by atoms with Gasteiger partial charge < -0.3 is 14.7 Å². The number of carboxylic acid groups (broad SMARTS) is 1. The first-order valence-electron chi connectivity index (χ1n) is 4.85. The highest BCUT2D eigenvalue weighted by molar-refractivity contribution is 5.78. The number of hydrogen-bond donors (Lipinski definition) is 1. The fourth-order valence-electron chi connectivity index (χ4n) is 1.58. The molecule has 1 aliphatic heterocycles. The molecule has 15 heavy (non-hydrogen) atoms. The SMILES string of the molecule is C=CCN1C(=O)COCC1CCC(=O)O. The summed E-state index contributed by atoms with van der Waals surface area (Å²) in [6, 6.07) is -0.139. The minimum absolute atomic E-state index is 0.0505. The Labute approximate surface area is 88.3 Å². The summed E-state index contributed by atoms with van der Waals surface area (Å²) in [4.78, 5) is 23.5. The molecule has 0 aliphatic carbocycles. The first-order valence-corrected chi connectivity index (χ1v) is 4.85. The van der Waals surface area contributed by atoms with Gasteiger partial charge in [0.25, 0.3) is 0 Å². The van der Waals surface area contributed by atoms with Crippen molar-refractivity contribution in [3.05, 3.63) is 12.7 Å². The van der Waals surface area contributed by atoms with Crippen LogP contribution in [0.2, 0.25) is 0 Å². The van der Waals surface area contributed by atoms with E-state index in [0.717, 1.165) is 0 Å². The van der Waals surface area contributed by atoms with Gasteiger partial charge in [0.2, 0.25) is 5.91 Å². The van der Waals surface area contributed by atoms with Gasteiger partial charge in [-0.1, -0.05) is 6.08 Å². The molecule has 1 amide bonds. The number of carbonyl (C=O) groups excluding carboxylic acids is 1. The van der Waals surface area contributed by atoms with E-state index in [-0.39, 0.29) is 25.0 Å². The molecule has 0 aromatic rings. The molecule has 1 saturated heterocycles. The van der Waals surface area contributed by atoms with Gasteiger partial charge in [0.1, 0.15) is 6.61 Å². The van der Waals surface area contributed by atoms with E-state index in [1.165, 1.54) is 0 Å². The lowest BCUT2D eigenvalue weighted by Crippen LogP contribution is -2.49. The zero-order chi connectivity index (χ0) is 11.3. The van der Waals surface area contributed by atoms with Crippen LogP contribution in [0.4, 0.5) is 0 Å². The maximum atomic E-state index is 11.4. The highest BCUT2D eigenvalue weighted by atomic mass is 16.5. The number of ether oxygens (including phenoxy) is 1. The number of morpholine rings is 1. The van der Waals surface area contributed by atoms with Crippen LogP contribution in [0, 0.1) is 0 Å². The molecule has 0 aromatic carbocycles. The van der Waals surface area contributed by atoms with Crippen molar-refractivity contribution >= 4 is 11.9 Å². The monoisotopic (exact) mass is 213 g/mol. The zero-order valence-electron chi connectivity index (χ0n) is 8.52. The van der Waals surface area contributed by atoms with Crippen molar-refractivity contribution in [3.63, 3.8) is 0 Å². The Morgan fingerprint density at radius 2 is 2.47 bits per heavy atom. The van der Waals surface area contributed by atoms with Crippen molar-refractivity contribution in [1.82, 2.24) is 4.90 Å². The van der Waals surface area contributed by atoms with Crippen molar-refractivity contribution in [1.29, 1.82) is 0 Å². The van der Waals surface area contributed by atoms with Crippen molar-refractivity contribution in [2.24, 2.45) is 0 Å². The van der Waals surface area contributed by atoms with E-state index in [1.54, 1.807) is 11.0 Å². The van der Waals surface area contributed by atoms with Crippen LogP contribution in [0.5, 0.6) is 0 Å². The summed E-state index contributed by atoms with van der Waals surface area (Å²) in [5.74, 6) is -0.955. The number of carbonyl (C=O) groups is 2. The van der Waals surface area contributed by atoms with E-state index in [9.17, 15) is 9.59 Å². The van der Waals surface area contributed by atoms with Crippen LogP contribution in [0.15, 0.2) is 12.7 Å². The minimum Gasteiger partial charge on any atom is -0.481 e. The van der Waals surface area contributed by atoms with Gasteiger partial charge in [0.05, 0.1) is 12.6 Å². The third kappa shape index (κ3) is 3.36. The van der Waals surface area contributed by atoms with Gasteiger partial charge in [-0.25, -0.2) is 0 Å².